The molecule has 1 aliphatic heterocycles. The van der Waals surface area contributed by atoms with Gasteiger partial charge < -0.3 is 14.0 Å². The first-order chi connectivity index (χ1) is 18.9. The number of carbonyl (C=O) groups excluding carboxylic acids is 1. The third-order valence-corrected chi connectivity index (χ3v) is 8.84. The van der Waals surface area contributed by atoms with Gasteiger partial charge in [0.15, 0.2) is 0 Å². The van der Waals surface area contributed by atoms with Crippen molar-refractivity contribution >= 4 is 26.8 Å². The molecule has 3 aromatic rings. The first-order valence-corrected chi connectivity index (χ1v) is 15.8. The van der Waals surface area contributed by atoms with Crippen LogP contribution in [0.2, 0.25) is 0 Å². The summed E-state index contributed by atoms with van der Waals surface area (Å²) in [6, 6.07) is 20.4. The van der Waals surface area contributed by atoms with E-state index in [2.05, 4.69) is 23.6 Å². The summed E-state index contributed by atoms with van der Waals surface area (Å²) >= 11 is 0. The van der Waals surface area contributed by atoms with E-state index < -0.39 is 10.1 Å². The third-order valence-electron chi connectivity index (χ3n) is 7.60. The molecule has 4 rings (SSSR count). The highest BCUT2D eigenvalue weighted by Crippen LogP contribution is 2.24. The van der Waals surface area contributed by atoms with E-state index in [1.807, 2.05) is 36.4 Å². The van der Waals surface area contributed by atoms with Crippen molar-refractivity contribution < 1.29 is 17.4 Å². The van der Waals surface area contributed by atoms with Crippen LogP contribution in [0, 0.1) is 0 Å². The lowest BCUT2D eigenvalue weighted by Crippen LogP contribution is -2.37. The number of rotatable bonds is 13. The Balaban J connectivity index is 1.29. The number of fused-ring (bicyclic) bond motifs is 1. The Morgan fingerprint density at radius 2 is 1.69 bits per heavy atom. The molecule has 0 bridgehead atoms. The summed E-state index contributed by atoms with van der Waals surface area (Å²) in [5, 5.41) is 1.85. The van der Waals surface area contributed by atoms with E-state index >= 15 is 0 Å². The van der Waals surface area contributed by atoms with Gasteiger partial charge in [0.05, 0.1) is 0 Å². The standard InChI is InChI=1S/C32H42N2O4S/c1-3-20-33(21-9-10-23-34-22-8-4-5-13-32(34)35)26(2)24-27-14-17-30(18-15-27)38-39(36,37)31-19-16-28-11-6-7-12-29(28)25-31/h6-7,11-12,14-19,25-26H,3-5,8-10,13,20-24H2,1-2H3. The van der Waals surface area contributed by atoms with E-state index in [0.717, 1.165) is 87.5 Å². The van der Waals surface area contributed by atoms with Crippen LogP contribution in [0.15, 0.2) is 71.6 Å². The van der Waals surface area contributed by atoms with E-state index in [9.17, 15) is 13.2 Å². The first kappa shape index (κ1) is 29.1. The molecule has 7 heteroatoms. The molecule has 1 unspecified atom stereocenters. The fourth-order valence-electron chi connectivity index (χ4n) is 5.38. The minimum absolute atomic E-state index is 0.148. The van der Waals surface area contributed by atoms with Crippen LogP contribution in [-0.4, -0.2) is 56.3 Å². The largest absolute Gasteiger partial charge is 0.379 e. The molecule has 6 nitrogen and oxygen atoms in total. The minimum Gasteiger partial charge on any atom is -0.379 e. The Morgan fingerprint density at radius 1 is 0.923 bits per heavy atom. The van der Waals surface area contributed by atoms with Crippen LogP contribution in [0.4, 0.5) is 0 Å². The SMILES string of the molecule is CCCN(CCCCN1CCCCCC1=O)C(C)Cc1ccc(OS(=O)(=O)c2ccc3ccccc3c2)cc1. The molecule has 1 atom stereocenters. The van der Waals surface area contributed by atoms with Gasteiger partial charge in [-0.25, -0.2) is 0 Å². The highest BCUT2D eigenvalue weighted by molar-refractivity contribution is 7.87. The summed E-state index contributed by atoms with van der Waals surface area (Å²) in [6.07, 6.45) is 8.12. The maximum absolute atomic E-state index is 12.9. The molecule has 0 aromatic heterocycles. The molecular weight excluding hydrogens is 508 g/mol. The fourth-order valence-corrected chi connectivity index (χ4v) is 6.35. The number of nitrogens with zero attached hydrogens (tertiary/aromatic N) is 2. The van der Waals surface area contributed by atoms with Crippen molar-refractivity contribution in [3.05, 3.63) is 72.3 Å². The second-order valence-electron chi connectivity index (χ2n) is 10.7. The summed E-state index contributed by atoms with van der Waals surface area (Å²) in [6.45, 7) is 8.30. The van der Waals surface area contributed by atoms with Gasteiger partial charge in [-0.15, -0.1) is 0 Å². The lowest BCUT2D eigenvalue weighted by atomic mass is 10.0. The summed E-state index contributed by atoms with van der Waals surface area (Å²) < 4.78 is 31.2. The molecule has 0 radical (unpaired) electrons. The maximum Gasteiger partial charge on any atom is 0.339 e. The Kier molecular flexibility index (Phi) is 10.4. The third kappa shape index (κ3) is 8.29. The maximum atomic E-state index is 12.9. The Bertz CT molecular complexity index is 1320. The van der Waals surface area contributed by atoms with Gasteiger partial charge in [-0.3, -0.25) is 4.79 Å². The Labute approximate surface area is 234 Å². The van der Waals surface area contributed by atoms with E-state index in [-0.39, 0.29) is 4.90 Å². The highest BCUT2D eigenvalue weighted by Gasteiger charge is 2.19. The molecule has 1 aliphatic rings. The predicted octanol–water partition coefficient (Wildman–Crippen LogP) is 6.43. The van der Waals surface area contributed by atoms with Gasteiger partial charge in [0.1, 0.15) is 10.6 Å². The monoisotopic (exact) mass is 550 g/mol. The van der Waals surface area contributed by atoms with Crippen molar-refractivity contribution in [2.24, 2.45) is 0 Å². The number of amides is 1. The zero-order valence-electron chi connectivity index (χ0n) is 23.3. The number of carbonyl (C=O) groups is 1. The van der Waals surface area contributed by atoms with Crippen LogP contribution in [0.25, 0.3) is 10.8 Å². The van der Waals surface area contributed by atoms with Crippen LogP contribution in [0.5, 0.6) is 5.75 Å². The second kappa shape index (κ2) is 13.9. The van der Waals surface area contributed by atoms with Crippen molar-refractivity contribution in [3.8, 4) is 5.75 Å². The molecular formula is C32H42N2O4S. The lowest BCUT2D eigenvalue weighted by Gasteiger charge is -2.29. The van der Waals surface area contributed by atoms with Gasteiger partial charge in [0.25, 0.3) is 0 Å². The smallest absolute Gasteiger partial charge is 0.339 e. The molecule has 1 heterocycles. The average molecular weight is 551 g/mol. The molecule has 0 spiro atoms. The molecule has 3 aromatic carbocycles. The number of likely N-dealkylation sites (tertiary alicyclic amines) is 1. The average Bonchev–Trinajstić information content (AvgIpc) is 3.14. The fraction of sp³-hybridized carbons (Fsp3) is 0.469. The lowest BCUT2D eigenvalue weighted by molar-refractivity contribution is -0.130. The number of unbranched alkanes of at least 4 members (excludes halogenated alkanes) is 1. The molecule has 0 aliphatic carbocycles. The van der Waals surface area contributed by atoms with Gasteiger partial charge in [-0.1, -0.05) is 55.8 Å². The molecule has 1 fully saturated rings. The normalized spacial score (nSPS) is 15.5. The van der Waals surface area contributed by atoms with Gasteiger partial charge in [0.2, 0.25) is 5.91 Å². The van der Waals surface area contributed by atoms with Crippen LogP contribution in [0.1, 0.15) is 64.4 Å². The van der Waals surface area contributed by atoms with Gasteiger partial charge in [-0.2, -0.15) is 8.42 Å². The molecule has 0 N–H and O–H groups in total. The predicted molar refractivity (Wildman–Crippen MR) is 158 cm³/mol. The summed E-state index contributed by atoms with van der Waals surface area (Å²) in [7, 11) is -3.92. The van der Waals surface area contributed by atoms with Crippen LogP contribution in [0.3, 0.4) is 0 Å². The van der Waals surface area contributed by atoms with Crippen molar-refractivity contribution in [1.82, 2.24) is 9.80 Å². The van der Waals surface area contributed by atoms with E-state index in [1.165, 1.54) is 0 Å². The molecule has 210 valence electrons. The molecule has 39 heavy (non-hydrogen) atoms. The van der Waals surface area contributed by atoms with Gasteiger partial charge >= 0.3 is 10.1 Å². The topological polar surface area (TPSA) is 66.9 Å². The highest BCUT2D eigenvalue weighted by atomic mass is 32.2. The van der Waals surface area contributed by atoms with E-state index in [0.29, 0.717) is 24.1 Å². The van der Waals surface area contributed by atoms with Crippen molar-refractivity contribution in [2.75, 3.05) is 26.2 Å². The zero-order chi connectivity index (χ0) is 27.7. The summed E-state index contributed by atoms with van der Waals surface area (Å²) in [4.78, 5) is 17.0. The van der Waals surface area contributed by atoms with Gasteiger partial charge in [0, 0.05) is 25.6 Å². The quantitative estimate of drug-likeness (QED) is 0.181. The minimum atomic E-state index is -3.92. The van der Waals surface area contributed by atoms with E-state index in [4.69, 9.17) is 4.18 Å². The van der Waals surface area contributed by atoms with E-state index in [1.54, 1.807) is 30.3 Å². The van der Waals surface area contributed by atoms with Crippen LogP contribution < -0.4 is 4.18 Å². The first-order valence-electron chi connectivity index (χ1n) is 14.4. The van der Waals surface area contributed by atoms with Gasteiger partial charge in [-0.05, 0) is 99.1 Å². The second-order valence-corrected chi connectivity index (χ2v) is 12.2. The van der Waals surface area contributed by atoms with Crippen LogP contribution in [-0.2, 0) is 21.3 Å². The van der Waals surface area contributed by atoms with Crippen molar-refractivity contribution in [1.29, 1.82) is 0 Å². The summed E-state index contributed by atoms with van der Waals surface area (Å²) in [5.41, 5.74) is 1.15. The Hall–Kier alpha value is -2.90. The zero-order valence-corrected chi connectivity index (χ0v) is 24.2. The Morgan fingerprint density at radius 3 is 2.46 bits per heavy atom. The van der Waals surface area contributed by atoms with Crippen molar-refractivity contribution in [2.45, 2.75) is 76.2 Å². The molecule has 0 saturated carbocycles. The van der Waals surface area contributed by atoms with Crippen LogP contribution >= 0.6 is 0 Å². The number of benzene rings is 3. The number of hydrogen-bond donors (Lipinski definition) is 0. The van der Waals surface area contributed by atoms with Crippen molar-refractivity contribution in [3.63, 3.8) is 0 Å². The number of hydrogen-bond acceptors (Lipinski definition) is 5. The molecule has 1 amide bonds. The summed E-state index contributed by atoms with van der Waals surface area (Å²) in [5.74, 6) is 0.636. The molecule has 1 saturated heterocycles.